The highest BCUT2D eigenvalue weighted by molar-refractivity contribution is 5.94. The summed E-state index contributed by atoms with van der Waals surface area (Å²) < 4.78 is 5.51. The Bertz CT molecular complexity index is 404. The van der Waals surface area contributed by atoms with Crippen molar-refractivity contribution in [1.29, 1.82) is 0 Å². The smallest absolute Gasteiger partial charge is 0.253 e. The average Bonchev–Trinajstić information content (AvgIpc) is 2.41. The van der Waals surface area contributed by atoms with Gasteiger partial charge in [0.15, 0.2) is 0 Å². The van der Waals surface area contributed by atoms with Gasteiger partial charge >= 0.3 is 0 Å². The third-order valence-corrected chi connectivity index (χ3v) is 2.78. The molecule has 0 bridgehead atoms. The minimum absolute atomic E-state index is 0.0531. The zero-order valence-electron chi connectivity index (χ0n) is 11.9. The number of aliphatic hydroxyl groups excluding tert-OH is 1. The molecule has 0 spiro atoms. The molecule has 4 nitrogen and oxygen atoms in total. The Balaban J connectivity index is 2.65. The van der Waals surface area contributed by atoms with E-state index in [0.717, 1.165) is 12.2 Å². The fourth-order valence-corrected chi connectivity index (χ4v) is 1.64. The van der Waals surface area contributed by atoms with E-state index in [1.54, 1.807) is 31.0 Å². The quantitative estimate of drug-likeness (QED) is 0.823. The maximum absolute atomic E-state index is 12.2. The Kier molecular flexibility index (Phi) is 6.36. The predicted octanol–water partition coefficient (Wildman–Crippen LogP) is 2.32. The van der Waals surface area contributed by atoms with Gasteiger partial charge in [0.25, 0.3) is 5.91 Å². The fraction of sp³-hybridized carbons (Fsp3) is 0.533. The summed E-state index contributed by atoms with van der Waals surface area (Å²) in [6.07, 6.45) is 1.12. The van der Waals surface area contributed by atoms with E-state index in [0.29, 0.717) is 25.1 Å². The van der Waals surface area contributed by atoms with Gasteiger partial charge in [0.1, 0.15) is 5.75 Å². The van der Waals surface area contributed by atoms with Crippen molar-refractivity contribution in [3.63, 3.8) is 0 Å². The molecule has 4 heteroatoms. The number of ether oxygens (including phenoxy) is 1. The summed E-state index contributed by atoms with van der Waals surface area (Å²) in [7, 11) is 1.74. The lowest BCUT2D eigenvalue weighted by Crippen LogP contribution is -2.29. The van der Waals surface area contributed by atoms with Crippen LogP contribution in [0.1, 0.15) is 37.0 Å². The number of nitrogens with zero attached hydrogens (tertiary/aromatic N) is 1. The Morgan fingerprint density at radius 3 is 2.84 bits per heavy atom. The summed E-state index contributed by atoms with van der Waals surface area (Å²) in [6.45, 7) is 4.95. The zero-order valence-corrected chi connectivity index (χ0v) is 11.9. The van der Waals surface area contributed by atoms with Crippen molar-refractivity contribution < 1.29 is 14.6 Å². The van der Waals surface area contributed by atoms with Gasteiger partial charge in [-0.05, 0) is 38.0 Å². The summed E-state index contributed by atoms with van der Waals surface area (Å²) in [5.41, 5.74) is 0.613. The summed E-state index contributed by atoms with van der Waals surface area (Å²) >= 11 is 0. The Labute approximate surface area is 115 Å². The highest BCUT2D eigenvalue weighted by atomic mass is 16.5. The monoisotopic (exact) mass is 265 g/mol. The van der Waals surface area contributed by atoms with Crippen LogP contribution >= 0.6 is 0 Å². The van der Waals surface area contributed by atoms with Gasteiger partial charge in [0.05, 0.1) is 12.7 Å². The van der Waals surface area contributed by atoms with Crippen molar-refractivity contribution >= 4 is 5.91 Å². The summed E-state index contributed by atoms with van der Waals surface area (Å²) in [5.74, 6) is 0.666. The maximum atomic E-state index is 12.2. The lowest BCUT2D eigenvalue weighted by atomic mass is 10.2. The van der Waals surface area contributed by atoms with Gasteiger partial charge in [-0.3, -0.25) is 4.79 Å². The molecule has 0 radical (unpaired) electrons. The molecule has 0 heterocycles. The normalized spacial score (nSPS) is 12.0. The van der Waals surface area contributed by atoms with Gasteiger partial charge in [-0.1, -0.05) is 13.0 Å². The number of carbonyl (C=O) groups excluding carboxylic acids is 1. The maximum Gasteiger partial charge on any atom is 0.253 e. The molecule has 1 rings (SSSR count). The minimum atomic E-state index is -0.394. The van der Waals surface area contributed by atoms with Crippen LogP contribution in [-0.4, -0.2) is 42.2 Å². The molecule has 1 aromatic carbocycles. The van der Waals surface area contributed by atoms with Gasteiger partial charge in [0.2, 0.25) is 0 Å². The van der Waals surface area contributed by atoms with Crippen molar-refractivity contribution in [2.75, 3.05) is 20.2 Å². The van der Waals surface area contributed by atoms with E-state index < -0.39 is 6.10 Å². The fourth-order valence-electron chi connectivity index (χ4n) is 1.64. The number of carbonyl (C=O) groups is 1. The Morgan fingerprint density at radius 1 is 1.47 bits per heavy atom. The molecule has 0 saturated carbocycles. The van der Waals surface area contributed by atoms with Crippen LogP contribution in [0.5, 0.6) is 5.75 Å². The molecule has 0 aliphatic carbocycles. The largest absolute Gasteiger partial charge is 0.494 e. The Morgan fingerprint density at radius 2 is 2.21 bits per heavy atom. The van der Waals surface area contributed by atoms with Crippen LogP contribution in [0.3, 0.4) is 0 Å². The number of rotatable bonds is 7. The molecule has 0 aliphatic heterocycles. The number of aliphatic hydroxyl groups is 1. The van der Waals surface area contributed by atoms with E-state index in [4.69, 9.17) is 4.74 Å². The van der Waals surface area contributed by atoms with Gasteiger partial charge in [0, 0.05) is 19.2 Å². The van der Waals surface area contributed by atoms with Crippen molar-refractivity contribution in [2.45, 2.75) is 32.8 Å². The van der Waals surface area contributed by atoms with Gasteiger partial charge in [-0.15, -0.1) is 0 Å². The topological polar surface area (TPSA) is 49.8 Å². The first-order valence-electron chi connectivity index (χ1n) is 6.71. The van der Waals surface area contributed by atoms with Crippen LogP contribution in [0.2, 0.25) is 0 Å². The highest BCUT2D eigenvalue weighted by Crippen LogP contribution is 2.15. The van der Waals surface area contributed by atoms with Gasteiger partial charge in [-0.25, -0.2) is 0 Å². The standard InChI is InChI=1S/C15H23NO3/c1-4-10-19-14-7-5-6-13(11-14)15(18)16(3)9-8-12(2)17/h5-7,11-12,17H,4,8-10H2,1-3H3. The van der Waals surface area contributed by atoms with E-state index in [1.165, 1.54) is 0 Å². The van der Waals surface area contributed by atoms with Crippen molar-refractivity contribution in [3.8, 4) is 5.75 Å². The van der Waals surface area contributed by atoms with Crippen LogP contribution in [-0.2, 0) is 0 Å². The van der Waals surface area contributed by atoms with Crippen molar-refractivity contribution in [2.24, 2.45) is 0 Å². The SMILES string of the molecule is CCCOc1cccc(C(=O)N(C)CCC(C)O)c1. The molecular formula is C15H23NO3. The molecule has 0 aromatic heterocycles. The molecule has 1 aromatic rings. The molecular weight excluding hydrogens is 242 g/mol. The van der Waals surface area contributed by atoms with E-state index in [1.807, 2.05) is 19.1 Å². The van der Waals surface area contributed by atoms with Gasteiger partial charge in [-0.2, -0.15) is 0 Å². The van der Waals surface area contributed by atoms with Crippen molar-refractivity contribution in [1.82, 2.24) is 4.90 Å². The molecule has 0 aliphatic rings. The predicted molar refractivity (Wildman–Crippen MR) is 75.5 cm³/mol. The average molecular weight is 265 g/mol. The molecule has 0 fully saturated rings. The van der Waals surface area contributed by atoms with Crippen LogP contribution in [0.15, 0.2) is 24.3 Å². The molecule has 0 saturated heterocycles. The first-order chi connectivity index (χ1) is 9.04. The van der Waals surface area contributed by atoms with Crippen LogP contribution < -0.4 is 4.74 Å². The molecule has 106 valence electrons. The Hall–Kier alpha value is -1.55. The molecule has 1 N–H and O–H groups in total. The van der Waals surface area contributed by atoms with Crippen molar-refractivity contribution in [3.05, 3.63) is 29.8 Å². The van der Waals surface area contributed by atoms with E-state index in [9.17, 15) is 9.90 Å². The van der Waals surface area contributed by atoms with Gasteiger partial charge < -0.3 is 14.7 Å². The second-order valence-corrected chi connectivity index (χ2v) is 4.74. The summed E-state index contributed by atoms with van der Waals surface area (Å²) in [4.78, 5) is 13.8. The minimum Gasteiger partial charge on any atom is -0.494 e. The molecule has 19 heavy (non-hydrogen) atoms. The zero-order chi connectivity index (χ0) is 14.3. The summed E-state index contributed by atoms with van der Waals surface area (Å²) in [5, 5.41) is 9.24. The lowest BCUT2D eigenvalue weighted by molar-refractivity contribution is 0.0768. The number of hydrogen-bond acceptors (Lipinski definition) is 3. The number of amides is 1. The van der Waals surface area contributed by atoms with Crippen LogP contribution in [0.25, 0.3) is 0 Å². The van der Waals surface area contributed by atoms with Crippen LogP contribution in [0.4, 0.5) is 0 Å². The third-order valence-electron chi connectivity index (χ3n) is 2.78. The van der Waals surface area contributed by atoms with E-state index >= 15 is 0 Å². The molecule has 1 unspecified atom stereocenters. The van der Waals surface area contributed by atoms with E-state index in [-0.39, 0.29) is 5.91 Å². The first kappa shape index (κ1) is 15.5. The number of benzene rings is 1. The second-order valence-electron chi connectivity index (χ2n) is 4.74. The molecule has 1 atom stereocenters. The second kappa shape index (κ2) is 7.79. The molecule has 1 amide bonds. The highest BCUT2D eigenvalue weighted by Gasteiger charge is 2.12. The third kappa shape index (κ3) is 5.30. The lowest BCUT2D eigenvalue weighted by Gasteiger charge is -2.18. The number of hydrogen-bond donors (Lipinski definition) is 1. The summed E-state index contributed by atoms with van der Waals surface area (Å²) in [6, 6.07) is 7.21. The van der Waals surface area contributed by atoms with E-state index in [2.05, 4.69) is 0 Å². The van der Waals surface area contributed by atoms with Crippen LogP contribution in [0, 0.1) is 0 Å². The first-order valence-corrected chi connectivity index (χ1v) is 6.71.